The van der Waals surface area contributed by atoms with Crippen LogP contribution in [0, 0.1) is 12.7 Å². The van der Waals surface area contributed by atoms with Gasteiger partial charge in [0.25, 0.3) is 11.8 Å². The van der Waals surface area contributed by atoms with Gasteiger partial charge >= 0.3 is 0 Å². The number of nitrogens with two attached hydrogens (primary N) is 1. The molecule has 0 aliphatic carbocycles. The number of nitrogens with one attached hydrogen (secondary N) is 1. The summed E-state index contributed by atoms with van der Waals surface area (Å²) >= 11 is 0. The van der Waals surface area contributed by atoms with E-state index >= 15 is 0 Å². The topological polar surface area (TPSA) is 81.4 Å². The fourth-order valence-corrected chi connectivity index (χ4v) is 2.01. The number of carbonyl (C=O) groups is 2. The zero-order chi connectivity index (χ0) is 16.8. The molecule has 6 heteroatoms. The van der Waals surface area contributed by atoms with Gasteiger partial charge in [0.1, 0.15) is 11.6 Å². The third-order valence-electron chi connectivity index (χ3n) is 3.22. The van der Waals surface area contributed by atoms with Crippen LogP contribution in [0.15, 0.2) is 42.5 Å². The summed E-state index contributed by atoms with van der Waals surface area (Å²) < 4.78 is 18.5. The van der Waals surface area contributed by atoms with Gasteiger partial charge in [-0.2, -0.15) is 0 Å². The molecule has 0 atom stereocenters. The van der Waals surface area contributed by atoms with E-state index in [-0.39, 0.29) is 36.2 Å². The Balaban J connectivity index is 1.88. The number of primary amides is 1. The van der Waals surface area contributed by atoms with Crippen molar-refractivity contribution in [2.45, 2.75) is 13.5 Å². The number of ether oxygens (including phenoxy) is 1. The molecule has 0 aliphatic heterocycles. The molecule has 3 N–H and O–H groups in total. The van der Waals surface area contributed by atoms with Crippen molar-refractivity contribution in [1.29, 1.82) is 0 Å². The summed E-state index contributed by atoms with van der Waals surface area (Å²) in [6.07, 6.45) is 0. The largest absolute Gasteiger partial charge is 0.483 e. The minimum atomic E-state index is -0.622. The molecule has 0 heterocycles. The molecule has 2 rings (SSSR count). The number of halogens is 1. The van der Waals surface area contributed by atoms with Crippen LogP contribution in [-0.2, 0) is 11.3 Å². The van der Waals surface area contributed by atoms with E-state index in [4.69, 9.17) is 10.5 Å². The average molecular weight is 316 g/mol. The zero-order valence-electron chi connectivity index (χ0n) is 12.6. The highest BCUT2D eigenvalue weighted by atomic mass is 19.1. The molecule has 0 bridgehead atoms. The fourth-order valence-electron chi connectivity index (χ4n) is 2.01. The van der Waals surface area contributed by atoms with Gasteiger partial charge < -0.3 is 15.8 Å². The number of aryl methyl sites for hydroxylation is 1. The van der Waals surface area contributed by atoms with Gasteiger partial charge in [0.15, 0.2) is 6.61 Å². The van der Waals surface area contributed by atoms with Gasteiger partial charge in [-0.3, -0.25) is 9.59 Å². The minimum absolute atomic E-state index is 0.217. The van der Waals surface area contributed by atoms with E-state index in [2.05, 4.69) is 5.32 Å². The Morgan fingerprint density at radius 3 is 2.65 bits per heavy atom. The van der Waals surface area contributed by atoms with Crippen molar-refractivity contribution in [3.05, 3.63) is 65.0 Å². The van der Waals surface area contributed by atoms with Gasteiger partial charge in [0.2, 0.25) is 0 Å². The van der Waals surface area contributed by atoms with Crippen molar-refractivity contribution in [2.24, 2.45) is 5.73 Å². The van der Waals surface area contributed by atoms with Crippen molar-refractivity contribution in [2.75, 3.05) is 6.61 Å². The monoisotopic (exact) mass is 316 g/mol. The number of para-hydroxylation sites is 1. The Hall–Kier alpha value is -2.89. The van der Waals surface area contributed by atoms with E-state index in [1.54, 1.807) is 37.3 Å². The molecule has 23 heavy (non-hydrogen) atoms. The summed E-state index contributed by atoms with van der Waals surface area (Å²) in [5.41, 5.74) is 6.75. The Labute approximate surface area is 133 Å². The number of hydrogen-bond donors (Lipinski definition) is 2. The number of hydrogen-bond acceptors (Lipinski definition) is 3. The third-order valence-corrected chi connectivity index (χ3v) is 3.22. The van der Waals surface area contributed by atoms with Crippen molar-refractivity contribution in [3.63, 3.8) is 0 Å². The summed E-state index contributed by atoms with van der Waals surface area (Å²) in [7, 11) is 0. The zero-order valence-corrected chi connectivity index (χ0v) is 12.6. The maximum Gasteiger partial charge on any atom is 0.258 e. The van der Waals surface area contributed by atoms with Gasteiger partial charge in [-0.15, -0.1) is 0 Å². The second-order valence-corrected chi connectivity index (χ2v) is 5.01. The van der Waals surface area contributed by atoms with Gasteiger partial charge in [-0.25, -0.2) is 4.39 Å². The standard InChI is InChI=1S/C17H17FN2O3/c1-11-8-12(6-7-14(11)18)9-20-16(21)10-23-15-5-3-2-4-13(15)17(19)22/h2-8H,9-10H2,1H3,(H2,19,22)(H,20,21). The van der Waals surface area contributed by atoms with Crippen molar-refractivity contribution in [3.8, 4) is 5.75 Å². The van der Waals surface area contributed by atoms with Crippen LogP contribution < -0.4 is 15.8 Å². The number of benzene rings is 2. The Morgan fingerprint density at radius 1 is 1.22 bits per heavy atom. The molecule has 0 spiro atoms. The van der Waals surface area contributed by atoms with Gasteiger partial charge in [-0.05, 0) is 36.2 Å². The first-order chi connectivity index (χ1) is 11.0. The highest BCUT2D eigenvalue weighted by Gasteiger charge is 2.10. The minimum Gasteiger partial charge on any atom is -0.483 e. The molecule has 0 radical (unpaired) electrons. The van der Waals surface area contributed by atoms with Gasteiger partial charge in [0.05, 0.1) is 5.56 Å². The molecule has 0 aromatic heterocycles. The molecule has 2 aromatic rings. The molecule has 0 aliphatic rings. The second-order valence-electron chi connectivity index (χ2n) is 5.01. The fraction of sp³-hybridized carbons (Fsp3) is 0.176. The first-order valence-corrected chi connectivity index (χ1v) is 7.00. The first-order valence-electron chi connectivity index (χ1n) is 7.00. The van der Waals surface area contributed by atoms with Crippen LogP contribution in [0.4, 0.5) is 4.39 Å². The molecular weight excluding hydrogens is 299 g/mol. The second kappa shape index (κ2) is 7.40. The Morgan fingerprint density at radius 2 is 1.96 bits per heavy atom. The van der Waals surface area contributed by atoms with Crippen LogP contribution in [0.1, 0.15) is 21.5 Å². The molecular formula is C17H17FN2O3. The number of amides is 2. The lowest BCUT2D eigenvalue weighted by Crippen LogP contribution is -2.28. The molecule has 5 nitrogen and oxygen atoms in total. The summed E-state index contributed by atoms with van der Waals surface area (Å²) in [6, 6.07) is 11.1. The normalized spacial score (nSPS) is 10.2. The highest BCUT2D eigenvalue weighted by Crippen LogP contribution is 2.16. The van der Waals surface area contributed by atoms with Crippen LogP contribution >= 0.6 is 0 Å². The van der Waals surface area contributed by atoms with Gasteiger partial charge in [-0.1, -0.05) is 24.3 Å². The first kappa shape index (κ1) is 16.5. The maximum atomic E-state index is 13.2. The van der Waals surface area contributed by atoms with E-state index in [9.17, 15) is 14.0 Å². The summed E-state index contributed by atoms with van der Waals surface area (Å²) in [4.78, 5) is 23.0. The van der Waals surface area contributed by atoms with E-state index in [0.29, 0.717) is 5.56 Å². The molecule has 0 unspecified atom stereocenters. The number of rotatable bonds is 6. The summed E-state index contributed by atoms with van der Waals surface area (Å²) in [5, 5.41) is 2.66. The van der Waals surface area contributed by atoms with Crippen molar-refractivity contribution >= 4 is 11.8 Å². The Kier molecular flexibility index (Phi) is 5.30. The molecule has 120 valence electrons. The van der Waals surface area contributed by atoms with E-state index in [1.165, 1.54) is 12.1 Å². The number of carbonyl (C=O) groups excluding carboxylic acids is 2. The summed E-state index contributed by atoms with van der Waals surface area (Å²) in [6.45, 7) is 1.68. The predicted molar refractivity (Wildman–Crippen MR) is 83.4 cm³/mol. The average Bonchev–Trinajstić information content (AvgIpc) is 2.54. The third kappa shape index (κ3) is 4.54. The van der Waals surface area contributed by atoms with Crippen molar-refractivity contribution in [1.82, 2.24) is 5.32 Å². The smallest absolute Gasteiger partial charge is 0.258 e. The van der Waals surface area contributed by atoms with E-state index < -0.39 is 5.91 Å². The van der Waals surface area contributed by atoms with Crippen LogP contribution in [0.5, 0.6) is 5.75 Å². The van der Waals surface area contributed by atoms with E-state index in [0.717, 1.165) is 5.56 Å². The quantitative estimate of drug-likeness (QED) is 0.854. The molecule has 0 saturated carbocycles. The van der Waals surface area contributed by atoms with Crippen LogP contribution in [0.25, 0.3) is 0 Å². The molecule has 2 amide bonds. The molecule has 0 saturated heterocycles. The van der Waals surface area contributed by atoms with Crippen LogP contribution in [0.3, 0.4) is 0 Å². The van der Waals surface area contributed by atoms with Crippen molar-refractivity contribution < 1.29 is 18.7 Å². The van der Waals surface area contributed by atoms with Crippen LogP contribution in [0.2, 0.25) is 0 Å². The SMILES string of the molecule is Cc1cc(CNC(=O)COc2ccccc2C(N)=O)ccc1F. The predicted octanol–water partition coefficient (Wildman–Crippen LogP) is 1.93. The lowest BCUT2D eigenvalue weighted by molar-refractivity contribution is -0.123. The lowest BCUT2D eigenvalue weighted by Gasteiger charge is -2.10. The van der Waals surface area contributed by atoms with Crippen LogP contribution in [-0.4, -0.2) is 18.4 Å². The maximum absolute atomic E-state index is 13.2. The Bertz CT molecular complexity index is 732. The lowest BCUT2D eigenvalue weighted by atomic mass is 10.1. The summed E-state index contributed by atoms with van der Waals surface area (Å²) in [5.74, 6) is -1.01. The van der Waals surface area contributed by atoms with E-state index in [1.807, 2.05) is 0 Å². The molecule has 2 aromatic carbocycles. The highest BCUT2D eigenvalue weighted by molar-refractivity contribution is 5.95. The van der Waals surface area contributed by atoms with Gasteiger partial charge in [0, 0.05) is 6.54 Å². The molecule has 0 fully saturated rings.